The van der Waals surface area contributed by atoms with Crippen molar-refractivity contribution in [2.45, 2.75) is 6.61 Å². The molecule has 2 aromatic rings. The number of methoxy groups -OCH3 is 1. The Bertz CT molecular complexity index is 577. The molecule has 0 saturated heterocycles. The molecule has 0 fully saturated rings. The van der Waals surface area contributed by atoms with Gasteiger partial charge in [-0.2, -0.15) is 0 Å². The summed E-state index contributed by atoms with van der Waals surface area (Å²) in [5, 5.41) is 0. The smallest absolute Gasteiger partial charge is 0.231 e. The fourth-order valence-corrected chi connectivity index (χ4v) is 1.90. The maximum atomic E-state index is 13.8. The molecule has 0 unspecified atom stereocenters. The Labute approximate surface area is 112 Å². The molecule has 94 valence electrons. The maximum Gasteiger partial charge on any atom is 0.231 e. The summed E-state index contributed by atoms with van der Waals surface area (Å²) in [6.45, 7) is 0.272. The fraction of sp³-hybridized carbons (Fsp3) is 0.154. The van der Waals surface area contributed by atoms with Gasteiger partial charge in [-0.25, -0.2) is 4.39 Å². The van der Waals surface area contributed by atoms with E-state index in [1.54, 1.807) is 12.1 Å². The first kappa shape index (κ1) is 13.0. The third-order valence-electron chi connectivity index (χ3n) is 2.37. The predicted molar refractivity (Wildman–Crippen MR) is 67.0 cm³/mol. The van der Waals surface area contributed by atoms with Gasteiger partial charge in [0, 0.05) is 7.11 Å². The van der Waals surface area contributed by atoms with Crippen LogP contribution in [0.1, 0.15) is 21.9 Å². The van der Waals surface area contributed by atoms with E-state index in [0.29, 0.717) is 5.76 Å². The third kappa shape index (κ3) is 2.52. The molecule has 0 bridgehead atoms. The lowest BCUT2D eigenvalue weighted by molar-refractivity contribution is 0.0996. The van der Waals surface area contributed by atoms with E-state index in [4.69, 9.17) is 9.15 Å². The number of carbonyl (C=O) groups excluding carboxylic acids is 1. The number of rotatable bonds is 4. The van der Waals surface area contributed by atoms with Crippen LogP contribution in [0.15, 0.2) is 39.2 Å². The highest BCUT2D eigenvalue weighted by Crippen LogP contribution is 2.22. The molecule has 0 N–H and O–H groups in total. The Balaban J connectivity index is 2.32. The van der Waals surface area contributed by atoms with Crippen molar-refractivity contribution in [1.82, 2.24) is 0 Å². The molecule has 0 atom stereocenters. The van der Waals surface area contributed by atoms with E-state index in [1.165, 1.54) is 25.3 Å². The maximum absolute atomic E-state index is 13.8. The zero-order valence-electron chi connectivity index (χ0n) is 9.57. The molecule has 1 aromatic heterocycles. The molecular formula is C13H10BrFO3. The van der Waals surface area contributed by atoms with Crippen LogP contribution >= 0.6 is 15.9 Å². The summed E-state index contributed by atoms with van der Waals surface area (Å²) in [7, 11) is 1.53. The van der Waals surface area contributed by atoms with Crippen LogP contribution in [0.3, 0.4) is 0 Å². The second-order valence-corrected chi connectivity index (χ2v) is 4.48. The molecular weight excluding hydrogens is 303 g/mol. The topological polar surface area (TPSA) is 39.4 Å². The largest absolute Gasteiger partial charge is 0.455 e. The van der Waals surface area contributed by atoms with E-state index in [2.05, 4.69) is 15.9 Å². The average Bonchev–Trinajstić information content (AvgIpc) is 2.81. The lowest BCUT2D eigenvalue weighted by Gasteiger charge is -2.01. The van der Waals surface area contributed by atoms with Gasteiger partial charge in [-0.15, -0.1) is 0 Å². The Kier molecular flexibility index (Phi) is 3.93. The third-order valence-corrected chi connectivity index (χ3v) is 2.98. The quantitative estimate of drug-likeness (QED) is 0.810. The first-order chi connectivity index (χ1) is 8.63. The number of ether oxygens (including phenoxy) is 1. The van der Waals surface area contributed by atoms with Crippen LogP contribution in [0.25, 0.3) is 0 Å². The molecule has 1 heterocycles. The summed E-state index contributed by atoms with van der Waals surface area (Å²) >= 11 is 3.04. The van der Waals surface area contributed by atoms with Crippen LogP contribution in [-0.4, -0.2) is 12.9 Å². The van der Waals surface area contributed by atoms with Crippen LogP contribution in [-0.2, 0) is 11.3 Å². The summed E-state index contributed by atoms with van der Waals surface area (Å²) in [6.07, 6.45) is 0. The van der Waals surface area contributed by atoms with Crippen LogP contribution in [0.4, 0.5) is 4.39 Å². The molecule has 0 aliphatic heterocycles. The van der Waals surface area contributed by atoms with Crippen LogP contribution in [0.5, 0.6) is 0 Å². The lowest BCUT2D eigenvalue weighted by atomic mass is 10.1. The number of benzene rings is 1. The van der Waals surface area contributed by atoms with E-state index < -0.39 is 11.6 Å². The minimum Gasteiger partial charge on any atom is -0.455 e. The molecule has 0 amide bonds. The van der Waals surface area contributed by atoms with Crippen molar-refractivity contribution >= 4 is 21.7 Å². The van der Waals surface area contributed by atoms with E-state index >= 15 is 0 Å². The minimum atomic E-state index is -0.591. The van der Waals surface area contributed by atoms with Gasteiger partial charge in [0.15, 0.2) is 5.76 Å². The van der Waals surface area contributed by atoms with Crippen molar-refractivity contribution in [3.63, 3.8) is 0 Å². The SMILES string of the molecule is COCc1ccc(C(=O)c2cccc(Br)c2F)o1. The summed E-state index contributed by atoms with van der Waals surface area (Å²) in [6, 6.07) is 7.69. The van der Waals surface area contributed by atoms with Gasteiger partial charge in [-0.05, 0) is 40.2 Å². The van der Waals surface area contributed by atoms with Gasteiger partial charge < -0.3 is 9.15 Å². The summed E-state index contributed by atoms with van der Waals surface area (Å²) in [5.74, 6) is -0.460. The number of ketones is 1. The van der Waals surface area contributed by atoms with Crippen molar-refractivity contribution in [3.8, 4) is 0 Å². The Morgan fingerprint density at radius 1 is 1.39 bits per heavy atom. The number of hydrogen-bond donors (Lipinski definition) is 0. The summed E-state index contributed by atoms with van der Waals surface area (Å²) in [4.78, 5) is 12.0. The van der Waals surface area contributed by atoms with Crippen LogP contribution in [0.2, 0.25) is 0 Å². The van der Waals surface area contributed by atoms with E-state index in [9.17, 15) is 9.18 Å². The minimum absolute atomic E-state index is 0.0253. The van der Waals surface area contributed by atoms with Crippen molar-refractivity contribution in [3.05, 3.63) is 57.7 Å². The molecule has 0 aliphatic carbocycles. The molecule has 1 aromatic carbocycles. The van der Waals surface area contributed by atoms with Crippen molar-refractivity contribution in [2.24, 2.45) is 0 Å². The molecule has 0 aliphatic rings. The molecule has 5 heteroatoms. The first-order valence-corrected chi connectivity index (χ1v) is 5.99. The molecule has 3 nitrogen and oxygen atoms in total. The standard InChI is InChI=1S/C13H10BrFO3/c1-17-7-8-5-6-11(18-8)13(16)9-3-2-4-10(14)12(9)15/h2-6H,7H2,1H3. The van der Waals surface area contributed by atoms with Crippen molar-refractivity contribution in [1.29, 1.82) is 0 Å². The van der Waals surface area contributed by atoms with E-state index in [1.807, 2.05) is 0 Å². The number of hydrogen-bond acceptors (Lipinski definition) is 3. The Hall–Kier alpha value is -1.46. The normalized spacial score (nSPS) is 10.6. The van der Waals surface area contributed by atoms with Gasteiger partial charge >= 0.3 is 0 Å². The predicted octanol–water partition coefficient (Wildman–Crippen LogP) is 3.56. The first-order valence-electron chi connectivity index (χ1n) is 5.20. The Morgan fingerprint density at radius 3 is 2.89 bits per heavy atom. The fourth-order valence-electron chi connectivity index (χ4n) is 1.53. The average molecular weight is 313 g/mol. The van der Waals surface area contributed by atoms with Gasteiger partial charge in [0.25, 0.3) is 0 Å². The highest BCUT2D eigenvalue weighted by Gasteiger charge is 2.18. The second-order valence-electron chi connectivity index (χ2n) is 3.63. The zero-order chi connectivity index (χ0) is 13.1. The molecule has 2 rings (SSSR count). The molecule has 18 heavy (non-hydrogen) atoms. The van der Waals surface area contributed by atoms with Crippen LogP contribution < -0.4 is 0 Å². The van der Waals surface area contributed by atoms with Gasteiger partial charge in [-0.1, -0.05) is 6.07 Å². The molecule has 0 saturated carbocycles. The second kappa shape index (κ2) is 5.46. The van der Waals surface area contributed by atoms with Crippen LogP contribution in [0, 0.1) is 5.82 Å². The summed E-state index contributed by atoms with van der Waals surface area (Å²) in [5.41, 5.74) is -0.0253. The van der Waals surface area contributed by atoms with Gasteiger partial charge in [-0.3, -0.25) is 4.79 Å². The summed E-state index contributed by atoms with van der Waals surface area (Å²) < 4.78 is 24.2. The van der Waals surface area contributed by atoms with E-state index in [0.717, 1.165) is 0 Å². The monoisotopic (exact) mass is 312 g/mol. The van der Waals surface area contributed by atoms with Crippen molar-refractivity contribution < 1.29 is 18.3 Å². The molecule has 0 spiro atoms. The van der Waals surface area contributed by atoms with Gasteiger partial charge in [0.1, 0.15) is 18.2 Å². The number of carbonyl (C=O) groups is 1. The van der Waals surface area contributed by atoms with Crippen molar-refractivity contribution in [2.75, 3.05) is 7.11 Å². The van der Waals surface area contributed by atoms with Gasteiger partial charge in [0.2, 0.25) is 5.78 Å². The van der Waals surface area contributed by atoms with Gasteiger partial charge in [0.05, 0.1) is 10.0 Å². The zero-order valence-corrected chi connectivity index (χ0v) is 11.2. The Morgan fingerprint density at radius 2 is 2.17 bits per heavy atom. The highest BCUT2D eigenvalue weighted by molar-refractivity contribution is 9.10. The highest BCUT2D eigenvalue weighted by atomic mass is 79.9. The van der Waals surface area contributed by atoms with E-state index in [-0.39, 0.29) is 22.4 Å². The number of furan rings is 1. The lowest BCUT2D eigenvalue weighted by Crippen LogP contribution is -2.03. The number of halogens is 2. The molecule has 0 radical (unpaired) electrons.